The van der Waals surface area contributed by atoms with Gasteiger partial charge in [-0.3, -0.25) is 9.59 Å². The zero-order valence-electron chi connectivity index (χ0n) is 15.1. The molecular weight excluding hydrogens is 390 g/mol. The SMILES string of the molecule is CN(Cc1nc2ccccc2s1)C(=O)c1cccc(NC(=O)c2cccs2)c1. The van der Waals surface area contributed by atoms with E-state index in [1.165, 1.54) is 11.3 Å². The third-order valence-corrected chi connectivity index (χ3v) is 6.06. The van der Waals surface area contributed by atoms with Crippen LogP contribution < -0.4 is 5.32 Å². The average molecular weight is 408 g/mol. The Kier molecular flexibility index (Phi) is 5.18. The lowest BCUT2D eigenvalue weighted by Crippen LogP contribution is -2.26. The van der Waals surface area contributed by atoms with Gasteiger partial charge < -0.3 is 10.2 Å². The summed E-state index contributed by atoms with van der Waals surface area (Å²) in [6, 6.07) is 18.5. The van der Waals surface area contributed by atoms with Gasteiger partial charge in [0.1, 0.15) is 5.01 Å². The number of fused-ring (bicyclic) bond motifs is 1. The van der Waals surface area contributed by atoms with Crippen LogP contribution in [0.3, 0.4) is 0 Å². The van der Waals surface area contributed by atoms with Crippen LogP contribution in [0.15, 0.2) is 66.0 Å². The Morgan fingerprint density at radius 3 is 2.71 bits per heavy atom. The fourth-order valence-corrected chi connectivity index (χ4v) is 4.45. The first-order chi connectivity index (χ1) is 13.6. The second kappa shape index (κ2) is 7.92. The topological polar surface area (TPSA) is 62.3 Å². The minimum atomic E-state index is -0.178. The smallest absolute Gasteiger partial charge is 0.265 e. The fraction of sp³-hybridized carbons (Fsp3) is 0.0952. The van der Waals surface area contributed by atoms with E-state index in [1.807, 2.05) is 35.7 Å². The van der Waals surface area contributed by atoms with Crippen LogP contribution in [-0.2, 0) is 6.54 Å². The number of benzene rings is 2. The molecule has 4 rings (SSSR count). The average Bonchev–Trinajstić information content (AvgIpc) is 3.37. The van der Waals surface area contributed by atoms with Crippen LogP contribution in [-0.4, -0.2) is 28.7 Å². The molecule has 140 valence electrons. The van der Waals surface area contributed by atoms with E-state index in [2.05, 4.69) is 10.3 Å². The molecule has 0 saturated heterocycles. The van der Waals surface area contributed by atoms with Crippen LogP contribution in [0.25, 0.3) is 10.2 Å². The second-order valence-corrected chi connectivity index (χ2v) is 8.31. The summed E-state index contributed by atoms with van der Waals surface area (Å²) in [4.78, 5) is 31.9. The Bertz CT molecular complexity index is 1100. The minimum absolute atomic E-state index is 0.119. The van der Waals surface area contributed by atoms with Crippen molar-refractivity contribution in [3.8, 4) is 0 Å². The van der Waals surface area contributed by atoms with Gasteiger partial charge in [0.15, 0.2) is 0 Å². The number of nitrogens with zero attached hydrogens (tertiary/aromatic N) is 2. The van der Waals surface area contributed by atoms with E-state index < -0.39 is 0 Å². The van der Waals surface area contributed by atoms with Crippen LogP contribution >= 0.6 is 22.7 Å². The van der Waals surface area contributed by atoms with Crippen molar-refractivity contribution >= 4 is 50.4 Å². The summed E-state index contributed by atoms with van der Waals surface area (Å²) in [6.07, 6.45) is 0. The molecule has 5 nitrogen and oxygen atoms in total. The number of para-hydroxylation sites is 1. The molecule has 0 spiro atoms. The van der Waals surface area contributed by atoms with Crippen molar-refractivity contribution in [1.82, 2.24) is 9.88 Å². The highest BCUT2D eigenvalue weighted by atomic mass is 32.1. The number of carbonyl (C=O) groups excluding carboxylic acids is 2. The number of hydrogen-bond acceptors (Lipinski definition) is 5. The molecule has 4 aromatic rings. The third-order valence-electron chi connectivity index (χ3n) is 4.17. The predicted molar refractivity (Wildman–Crippen MR) is 114 cm³/mol. The molecule has 28 heavy (non-hydrogen) atoms. The predicted octanol–water partition coefficient (Wildman–Crippen LogP) is 4.88. The molecule has 2 heterocycles. The summed E-state index contributed by atoms with van der Waals surface area (Å²) >= 11 is 2.96. The molecule has 0 atom stereocenters. The molecule has 0 saturated carbocycles. The summed E-state index contributed by atoms with van der Waals surface area (Å²) in [6.45, 7) is 0.434. The summed E-state index contributed by atoms with van der Waals surface area (Å²) in [5.41, 5.74) is 2.06. The number of carbonyl (C=O) groups is 2. The molecule has 0 aliphatic rings. The van der Waals surface area contributed by atoms with Gasteiger partial charge in [0.25, 0.3) is 11.8 Å². The van der Waals surface area contributed by atoms with Crippen molar-refractivity contribution in [2.75, 3.05) is 12.4 Å². The van der Waals surface area contributed by atoms with Crippen molar-refractivity contribution < 1.29 is 9.59 Å². The van der Waals surface area contributed by atoms with E-state index in [0.717, 1.165) is 15.2 Å². The number of amides is 2. The molecule has 2 aromatic carbocycles. The van der Waals surface area contributed by atoms with Gasteiger partial charge in [-0.25, -0.2) is 4.98 Å². The number of anilines is 1. The maximum Gasteiger partial charge on any atom is 0.265 e. The minimum Gasteiger partial charge on any atom is -0.335 e. The highest BCUT2D eigenvalue weighted by Gasteiger charge is 2.15. The molecule has 0 aliphatic carbocycles. The van der Waals surface area contributed by atoms with Crippen molar-refractivity contribution in [3.05, 3.63) is 81.5 Å². The molecule has 2 aromatic heterocycles. The lowest BCUT2D eigenvalue weighted by atomic mass is 10.1. The first kappa shape index (κ1) is 18.3. The molecule has 0 bridgehead atoms. The Hall–Kier alpha value is -3.03. The van der Waals surface area contributed by atoms with Crippen molar-refractivity contribution in [1.29, 1.82) is 0 Å². The second-order valence-electron chi connectivity index (χ2n) is 6.25. The largest absolute Gasteiger partial charge is 0.335 e. The van der Waals surface area contributed by atoms with E-state index >= 15 is 0 Å². The zero-order chi connectivity index (χ0) is 19.5. The van der Waals surface area contributed by atoms with E-state index in [0.29, 0.717) is 22.7 Å². The highest BCUT2D eigenvalue weighted by Crippen LogP contribution is 2.23. The summed E-state index contributed by atoms with van der Waals surface area (Å²) < 4.78 is 1.11. The van der Waals surface area contributed by atoms with E-state index in [9.17, 15) is 9.59 Å². The number of thiazole rings is 1. The van der Waals surface area contributed by atoms with E-state index in [-0.39, 0.29) is 11.8 Å². The standard InChI is InChI=1S/C21H17N3O2S2/c1-24(13-19-23-16-8-2-3-9-17(16)28-19)21(26)14-6-4-7-15(12-14)22-20(25)18-10-5-11-27-18/h2-12H,13H2,1H3,(H,22,25). The maximum atomic E-state index is 12.8. The number of nitrogens with one attached hydrogen (secondary N) is 1. The van der Waals surface area contributed by atoms with Gasteiger partial charge in [-0.2, -0.15) is 0 Å². The molecule has 7 heteroatoms. The molecule has 0 radical (unpaired) electrons. The first-order valence-corrected chi connectivity index (χ1v) is 10.3. The van der Waals surface area contributed by atoms with Crippen molar-refractivity contribution in [3.63, 3.8) is 0 Å². The molecule has 1 N–H and O–H groups in total. The Morgan fingerprint density at radius 1 is 1.07 bits per heavy atom. The summed E-state index contributed by atoms with van der Waals surface area (Å²) in [5, 5.41) is 5.58. The van der Waals surface area contributed by atoms with Crippen LogP contribution in [0.5, 0.6) is 0 Å². The Morgan fingerprint density at radius 2 is 1.93 bits per heavy atom. The van der Waals surface area contributed by atoms with Gasteiger partial charge in [-0.05, 0) is 41.8 Å². The Labute approximate surface area is 170 Å². The number of aromatic nitrogens is 1. The van der Waals surface area contributed by atoms with Gasteiger partial charge in [0.2, 0.25) is 0 Å². The first-order valence-electron chi connectivity index (χ1n) is 8.65. The molecule has 0 fully saturated rings. The van der Waals surface area contributed by atoms with Gasteiger partial charge in [0.05, 0.1) is 21.6 Å². The molecule has 2 amide bonds. The van der Waals surface area contributed by atoms with E-state index in [1.54, 1.807) is 53.6 Å². The van der Waals surface area contributed by atoms with Crippen LogP contribution in [0.1, 0.15) is 25.0 Å². The van der Waals surface area contributed by atoms with Crippen LogP contribution in [0, 0.1) is 0 Å². The maximum absolute atomic E-state index is 12.8. The summed E-state index contributed by atoms with van der Waals surface area (Å²) in [5.74, 6) is -0.297. The van der Waals surface area contributed by atoms with Crippen molar-refractivity contribution in [2.45, 2.75) is 6.54 Å². The number of hydrogen-bond donors (Lipinski definition) is 1. The van der Waals surface area contributed by atoms with Gasteiger partial charge in [-0.15, -0.1) is 22.7 Å². The lowest BCUT2D eigenvalue weighted by Gasteiger charge is -2.16. The monoisotopic (exact) mass is 407 g/mol. The van der Waals surface area contributed by atoms with Crippen molar-refractivity contribution in [2.24, 2.45) is 0 Å². The van der Waals surface area contributed by atoms with Crippen LogP contribution in [0.4, 0.5) is 5.69 Å². The van der Waals surface area contributed by atoms with Crippen LogP contribution in [0.2, 0.25) is 0 Å². The van der Waals surface area contributed by atoms with Gasteiger partial charge in [0, 0.05) is 18.3 Å². The summed E-state index contributed by atoms with van der Waals surface area (Å²) in [7, 11) is 1.76. The lowest BCUT2D eigenvalue weighted by molar-refractivity contribution is 0.0784. The Balaban J connectivity index is 1.47. The number of rotatable bonds is 5. The quantitative estimate of drug-likeness (QED) is 0.513. The molecule has 0 unspecified atom stereocenters. The van der Waals surface area contributed by atoms with Gasteiger partial charge >= 0.3 is 0 Å². The zero-order valence-corrected chi connectivity index (χ0v) is 16.7. The molecule has 0 aliphatic heterocycles. The van der Waals surface area contributed by atoms with E-state index in [4.69, 9.17) is 0 Å². The highest BCUT2D eigenvalue weighted by molar-refractivity contribution is 7.18. The number of thiophene rings is 1. The fourth-order valence-electron chi connectivity index (χ4n) is 2.81. The third kappa shape index (κ3) is 3.95. The normalized spacial score (nSPS) is 10.8. The molecular formula is C21H17N3O2S2. The van der Waals surface area contributed by atoms with Gasteiger partial charge in [-0.1, -0.05) is 24.3 Å².